The Bertz CT molecular complexity index is 1120. The Morgan fingerprint density at radius 3 is 2.57 bits per heavy atom. The van der Waals surface area contributed by atoms with Gasteiger partial charge in [0.2, 0.25) is 0 Å². The van der Waals surface area contributed by atoms with Crippen LogP contribution in [0.3, 0.4) is 0 Å². The molecule has 7 heteroatoms. The van der Waals surface area contributed by atoms with Crippen LogP contribution in [-0.2, 0) is 11.3 Å². The summed E-state index contributed by atoms with van der Waals surface area (Å²) in [5, 5.41) is 5.61. The third kappa shape index (κ3) is 4.18. The Hall–Kier alpha value is -2.51. The minimum absolute atomic E-state index is 0.162. The van der Waals surface area contributed by atoms with Crippen LogP contribution in [0.25, 0.3) is 10.8 Å². The van der Waals surface area contributed by atoms with Gasteiger partial charge < -0.3 is 9.64 Å². The molecule has 0 aliphatic carbocycles. The van der Waals surface area contributed by atoms with Gasteiger partial charge in [-0.1, -0.05) is 60.1 Å². The minimum Gasteiger partial charge on any atom is -0.370 e. The van der Waals surface area contributed by atoms with Crippen LogP contribution in [0.15, 0.2) is 57.8 Å². The van der Waals surface area contributed by atoms with Gasteiger partial charge in [0.25, 0.3) is 11.5 Å². The Kier molecular flexibility index (Phi) is 6.01. The van der Waals surface area contributed by atoms with Gasteiger partial charge in [-0.05, 0) is 29.7 Å². The molecule has 1 unspecified atom stereocenters. The minimum atomic E-state index is -0.191. The summed E-state index contributed by atoms with van der Waals surface area (Å²) in [5.41, 5.74) is 1.19. The summed E-state index contributed by atoms with van der Waals surface area (Å²) in [6.07, 6.45) is -0.191. The van der Waals surface area contributed by atoms with Crippen molar-refractivity contribution in [3.05, 3.63) is 74.6 Å². The number of rotatable bonds is 4. The predicted octanol–water partition coefficient (Wildman–Crippen LogP) is 4.03. The van der Waals surface area contributed by atoms with E-state index in [1.54, 1.807) is 17.0 Å². The maximum absolute atomic E-state index is 13.5. The number of fused-ring (bicyclic) bond motifs is 1. The van der Waals surface area contributed by atoms with E-state index < -0.39 is 0 Å². The fourth-order valence-corrected chi connectivity index (χ4v) is 3.99. The molecule has 1 fully saturated rings. The van der Waals surface area contributed by atoms with Gasteiger partial charge in [0.1, 0.15) is 6.10 Å². The van der Waals surface area contributed by atoms with Crippen molar-refractivity contribution in [3.8, 4) is 0 Å². The van der Waals surface area contributed by atoms with E-state index >= 15 is 0 Å². The Morgan fingerprint density at radius 2 is 1.87 bits per heavy atom. The van der Waals surface area contributed by atoms with Gasteiger partial charge in [-0.15, -0.1) is 0 Å². The Labute approximate surface area is 183 Å². The lowest BCUT2D eigenvalue weighted by Crippen LogP contribution is -2.43. The molecule has 3 aromatic rings. The highest BCUT2D eigenvalue weighted by Gasteiger charge is 2.28. The van der Waals surface area contributed by atoms with E-state index in [9.17, 15) is 9.59 Å². The van der Waals surface area contributed by atoms with Crippen LogP contribution >= 0.6 is 15.9 Å². The second kappa shape index (κ2) is 8.70. The Morgan fingerprint density at radius 1 is 1.17 bits per heavy atom. The largest absolute Gasteiger partial charge is 0.370 e. The summed E-state index contributed by atoms with van der Waals surface area (Å²) >= 11 is 3.45. The number of aromatic nitrogens is 2. The van der Waals surface area contributed by atoms with Gasteiger partial charge in [0.15, 0.2) is 5.69 Å². The molecule has 1 amide bonds. The molecule has 0 N–H and O–H groups in total. The normalized spacial score (nSPS) is 16.9. The number of halogens is 1. The fourth-order valence-electron chi connectivity index (χ4n) is 3.73. The molecular weight excluding hydrogens is 446 g/mol. The highest BCUT2D eigenvalue weighted by atomic mass is 79.9. The quantitative estimate of drug-likeness (QED) is 0.578. The van der Waals surface area contributed by atoms with E-state index in [0.717, 1.165) is 10.0 Å². The summed E-state index contributed by atoms with van der Waals surface area (Å²) in [4.78, 5) is 28.1. The molecule has 1 aromatic heterocycles. The maximum atomic E-state index is 13.5. The molecule has 0 spiro atoms. The molecule has 2 heterocycles. The van der Waals surface area contributed by atoms with E-state index in [-0.39, 0.29) is 23.5 Å². The average molecular weight is 470 g/mol. The monoisotopic (exact) mass is 469 g/mol. The average Bonchev–Trinajstić information content (AvgIpc) is 2.75. The summed E-state index contributed by atoms with van der Waals surface area (Å²) in [6.45, 7) is 5.90. The number of benzene rings is 2. The van der Waals surface area contributed by atoms with E-state index in [1.807, 2.05) is 50.2 Å². The summed E-state index contributed by atoms with van der Waals surface area (Å²) < 4.78 is 8.34. The number of carbonyl (C=O) groups excluding carboxylic acids is 1. The molecule has 1 aliphatic rings. The number of nitrogens with zero attached hydrogens (tertiary/aromatic N) is 3. The zero-order chi connectivity index (χ0) is 21.3. The SMILES string of the molecule is CC(C)Cn1nc(C(=O)N2CCOC(c3ccc(Br)cc3)C2)c2ccccc2c1=O. The first-order valence-corrected chi connectivity index (χ1v) is 10.9. The molecule has 6 nitrogen and oxygen atoms in total. The number of hydrogen-bond acceptors (Lipinski definition) is 4. The van der Waals surface area contributed by atoms with Crippen LogP contribution in [0.4, 0.5) is 0 Å². The summed E-state index contributed by atoms with van der Waals surface area (Å²) in [7, 11) is 0. The number of hydrogen-bond donors (Lipinski definition) is 0. The van der Waals surface area contributed by atoms with Crippen molar-refractivity contribution in [2.45, 2.75) is 26.5 Å². The van der Waals surface area contributed by atoms with Crippen LogP contribution in [0, 0.1) is 5.92 Å². The fraction of sp³-hybridized carbons (Fsp3) is 0.348. The van der Waals surface area contributed by atoms with Crippen molar-refractivity contribution in [2.75, 3.05) is 19.7 Å². The van der Waals surface area contributed by atoms with E-state index in [0.29, 0.717) is 42.7 Å². The van der Waals surface area contributed by atoms with Crippen LogP contribution < -0.4 is 5.56 Å². The summed E-state index contributed by atoms with van der Waals surface area (Å²) in [5.74, 6) is 0.0682. The van der Waals surface area contributed by atoms with Crippen molar-refractivity contribution in [3.63, 3.8) is 0 Å². The molecule has 0 saturated carbocycles. The highest BCUT2D eigenvalue weighted by Crippen LogP contribution is 2.25. The van der Waals surface area contributed by atoms with Crippen molar-refractivity contribution < 1.29 is 9.53 Å². The van der Waals surface area contributed by atoms with Gasteiger partial charge in [-0.3, -0.25) is 9.59 Å². The second-order valence-corrected chi connectivity index (χ2v) is 8.85. The van der Waals surface area contributed by atoms with Crippen LogP contribution in [0.1, 0.15) is 36.0 Å². The van der Waals surface area contributed by atoms with Crippen molar-refractivity contribution in [1.82, 2.24) is 14.7 Å². The molecule has 156 valence electrons. The lowest BCUT2D eigenvalue weighted by molar-refractivity contribution is -0.0230. The number of carbonyl (C=O) groups is 1. The summed E-state index contributed by atoms with van der Waals surface area (Å²) in [6, 6.07) is 15.1. The molecule has 1 atom stereocenters. The van der Waals surface area contributed by atoms with Gasteiger partial charge in [-0.2, -0.15) is 5.10 Å². The van der Waals surface area contributed by atoms with Crippen molar-refractivity contribution in [1.29, 1.82) is 0 Å². The van der Waals surface area contributed by atoms with Gasteiger partial charge >= 0.3 is 0 Å². The van der Waals surface area contributed by atoms with E-state index in [2.05, 4.69) is 21.0 Å². The zero-order valence-electron chi connectivity index (χ0n) is 17.0. The molecule has 1 aliphatic heterocycles. The maximum Gasteiger partial charge on any atom is 0.275 e. The first kappa shape index (κ1) is 20.8. The van der Waals surface area contributed by atoms with Crippen molar-refractivity contribution >= 4 is 32.6 Å². The molecular formula is C23H24BrN3O3. The first-order valence-electron chi connectivity index (χ1n) is 10.1. The molecule has 0 radical (unpaired) electrons. The zero-order valence-corrected chi connectivity index (χ0v) is 18.6. The Balaban J connectivity index is 1.69. The molecule has 4 rings (SSSR count). The van der Waals surface area contributed by atoms with E-state index in [1.165, 1.54) is 4.68 Å². The first-order chi connectivity index (χ1) is 14.4. The highest BCUT2D eigenvalue weighted by molar-refractivity contribution is 9.10. The topological polar surface area (TPSA) is 64.4 Å². The lowest BCUT2D eigenvalue weighted by atomic mass is 10.1. The molecule has 30 heavy (non-hydrogen) atoms. The number of morpholine rings is 1. The van der Waals surface area contributed by atoms with Gasteiger partial charge in [-0.25, -0.2) is 4.68 Å². The van der Waals surface area contributed by atoms with Crippen LogP contribution in [0.5, 0.6) is 0 Å². The smallest absolute Gasteiger partial charge is 0.275 e. The molecule has 0 bridgehead atoms. The predicted molar refractivity (Wildman–Crippen MR) is 120 cm³/mol. The number of ether oxygens (including phenoxy) is 1. The lowest BCUT2D eigenvalue weighted by Gasteiger charge is -2.33. The third-order valence-electron chi connectivity index (χ3n) is 5.20. The van der Waals surface area contributed by atoms with E-state index in [4.69, 9.17) is 4.74 Å². The second-order valence-electron chi connectivity index (χ2n) is 7.94. The van der Waals surface area contributed by atoms with Gasteiger partial charge in [0, 0.05) is 22.9 Å². The van der Waals surface area contributed by atoms with Crippen LogP contribution in [0.2, 0.25) is 0 Å². The standard InChI is InChI=1S/C23H24BrN3O3/c1-15(2)13-27-22(28)19-6-4-3-5-18(19)21(25-27)23(29)26-11-12-30-20(14-26)16-7-9-17(24)10-8-16/h3-10,15,20H,11-14H2,1-2H3. The van der Waals surface area contributed by atoms with Crippen LogP contribution in [-0.4, -0.2) is 40.3 Å². The molecule has 1 saturated heterocycles. The molecule has 2 aromatic carbocycles. The number of amides is 1. The van der Waals surface area contributed by atoms with Crippen molar-refractivity contribution in [2.24, 2.45) is 5.92 Å². The van der Waals surface area contributed by atoms with Gasteiger partial charge in [0.05, 0.1) is 18.5 Å². The third-order valence-corrected chi connectivity index (χ3v) is 5.73.